The standard InChI is InChI=1S/C21H28N2O2/c1-21(2,3)25-20(24)23-14-19(17-10-11-17)22-13-15-8-9-16-6-4-5-7-18(16)12-15/h4-9,12,17,19,22H,10-11,13-14H2,1-3H3,(H,23,24). The third kappa shape index (κ3) is 5.46. The minimum absolute atomic E-state index is 0.291. The van der Waals surface area contributed by atoms with Crippen LogP contribution in [0.3, 0.4) is 0 Å². The van der Waals surface area contributed by atoms with E-state index in [-0.39, 0.29) is 6.09 Å². The number of alkyl carbamates (subject to hydrolysis) is 1. The van der Waals surface area contributed by atoms with Crippen LogP contribution in [-0.4, -0.2) is 24.3 Å². The Morgan fingerprint density at radius 3 is 2.56 bits per heavy atom. The molecule has 0 bridgehead atoms. The van der Waals surface area contributed by atoms with Crippen LogP contribution < -0.4 is 10.6 Å². The summed E-state index contributed by atoms with van der Waals surface area (Å²) in [6.07, 6.45) is 2.11. The molecule has 4 nitrogen and oxygen atoms in total. The predicted molar refractivity (Wildman–Crippen MR) is 102 cm³/mol. The van der Waals surface area contributed by atoms with Gasteiger partial charge in [0.1, 0.15) is 5.60 Å². The molecule has 0 aliphatic heterocycles. The minimum atomic E-state index is -0.461. The Morgan fingerprint density at radius 1 is 1.16 bits per heavy atom. The molecule has 3 rings (SSSR count). The van der Waals surface area contributed by atoms with Gasteiger partial charge in [0.25, 0.3) is 0 Å². The van der Waals surface area contributed by atoms with Gasteiger partial charge < -0.3 is 15.4 Å². The number of ether oxygens (including phenoxy) is 1. The zero-order chi connectivity index (χ0) is 17.9. The Kier molecular flexibility index (Phi) is 5.28. The van der Waals surface area contributed by atoms with Gasteiger partial charge in [-0.1, -0.05) is 36.4 Å². The molecular formula is C21H28N2O2. The first kappa shape index (κ1) is 17.7. The summed E-state index contributed by atoms with van der Waals surface area (Å²) in [6.45, 7) is 7.05. The van der Waals surface area contributed by atoms with Gasteiger partial charge in [-0.2, -0.15) is 0 Å². The van der Waals surface area contributed by atoms with E-state index in [1.165, 1.54) is 29.2 Å². The monoisotopic (exact) mass is 340 g/mol. The van der Waals surface area contributed by atoms with Gasteiger partial charge >= 0.3 is 6.09 Å². The normalized spacial score (nSPS) is 15.8. The lowest BCUT2D eigenvalue weighted by molar-refractivity contribution is 0.0521. The van der Waals surface area contributed by atoms with E-state index < -0.39 is 5.60 Å². The lowest BCUT2D eigenvalue weighted by Gasteiger charge is -2.22. The van der Waals surface area contributed by atoms with Crippen LogP contribution in [0.2, 0.25) is 0 Å². The van der Waals surface area contributed by atoms with Crippen LogP contribution in [-0.2, 0) is 11.3 Å². The fourth-order valence-corrected chi connectivity index (χ4v) is 3.01. The van der Waals surface area contributed by atoms with Crippen molar-refractivity contribution in [2.75, 3.05) is 6.54 Å². The molecule has 2 aromatic rings. The second-order valence-corrected chi connectivity index (χ2v) is 7.89. The summed E-state index contributed by atoms with van der Waals surface area (Å²) in [5, 5.41) is 9.03. The second-order valence-electron chi connectivity index (χ2n) is 7.89. The second kappa shape index (κ2) is 7.44. The van der Waals surface area contributed by atoms with Crippen molar-refractivity contribution in [2.45, 2.75) is 51.8 Å². The number of fused-ring (bicyclic) bond motifs is 1. The lowest BCUT2D eigenvalue weighted by atomic mass is 10.1. The zero-order valence-electron chi connectivity index (χ0n) is 15.3. The summed E-state index contributed by atoms with van der Waals surface area (Å²) < 4.78 is 5.32. The first-order valence-electron chi connectivity index (χ1n) is 9.09. The molecule has 1 saturated carbocycles. The zero-order valence-corrected chi connectivity index (χ0v) is 15.3. The molecule has 1 fully saturated rings. The van der Waals surface area contributed by atoms with Gasteiger partial charge in [0.15, 0.2) is 0 Å². The third-order valence-electron chi connectivity index (χ3n) is 4.44. The van der Waals surface area contributed by atoms with Gasteiger partial charge in [0.05, 0.1) is 0 Å². The molecule has 2 aromatic carbocycles. The van der Waals surface area contributed by atoms with E-state index >= 15 is 0 Å². The van der Waals surface area contributed by atoms with Crippen molar-refractivity contribution in [3.8, 4) is 0 Å². The third-order valence-corrected chi connectivity index (χ3v) is 4.44. The number of amides is 1. The average Bonchev–Trinajstić information content (AvgIpc) is 3.38. The maximum atomic E-state index is 11.9. The van der Waals surface area contributed by atoms with Crippen LogP contribution in [0.5, 0.6) is 0 Å². The Labute approximate surface area is 149 Å². The van der Waals surface area contributed by atoms with Gasteiger partial charge in [0, 0.05) is 19.1 Å². The topological polar surface area (TPSA) is 50.4 Å². The number of hydrogen-bond donors (Lipinski definition) is 2. The highest BCUT2D eigenvalue weighted by Crippen LogP contribution is 2.32. The molecule has 0 heterocycles. The summed E-state index contributed by atoms with van der Waals surface area (Å²) in [7, 11) is 0. The maximum Gasteiger partial charge on any atom is 0.407 e. The number of carbonyl (C=O) groups excluding carboxylic acids is 1. The Morgan fingerprint density at radius 2 is 1.88 bits per heavy atom. The largest absolute Gasteiger partial charge is 0.444 e. The van der Waals surface area contributed by atoms with Crippen LogP contribution in [0.1, 0.15) is 39.2 Å². The molecule has 0 saturated heterocycles. The number of rotatable bonds is 6. The van der Waals surface area contributed by atoms with Crippen molar-refractivity contribution in [1.82, 2.24) is 10.6 Å². The number of nitrogens with one attached hydrogen (secondary N) is 2. The van der Waals surface area contributed by atoms with E-state index in [1.54, 1.807) is 0 Å². The van der Waals surface area contributed by atoms with Crippen molar-refractivity contribution >= 4 is 16.9 Å². The van der Waals surface area contributed by atoms with Crippen molar-refractivity contribution in [2.24, 2.45) is 5.92 Å². The van der Waals surface area contributed by atoms with Crippen molar-refractivity contribution < 1.29 is 9.53 Å². The van der Waals surface area contributed by atoms with Gasteiger partial charge in [0.2, 0.25) is 0 Å². The minimum Gasteiger partial charge on any atom is -0.444 e. The Hall–Kier alpha value is -2.07. The van der Waals surface area contributed by atoms with Crippen molar-refractivity contribution in [3.05, 3.63) is 48.0 Å². The van der Waals surface area contributed by atoms with E-state index in [4.69, 9.17) is 4.74 Å². The summed E-state index contributed by atoms with van der Waals surface area (Å²) in [6, 6.07) is 15.2. The lowest BCUT2D eigenvalue weighted by Crippen LogP contribution is -2.43. The molecule has 1 aliphatic carbocycles. The quantitative estimate of drug-likeness (QED) is 0.827. The SMILES string of the molecule is CC(C)(C)OC(=O)NCC(NCc1ccc2ccccc2c1)C1CC1. The molecule has 4 heteroatoms. The van der Waals surface area contributed by atoms with Crippen LogP contribution in [0.4, 0.5) is 4.79 Å². The number of hydrogen-bond acceptors (Lipinski definition) is 3. The molecule has 25 heavy (non-hydrogen) atoms. The van der Waals surface area contributed by atoms with Crippen LogP contribution in [0, 0.1) is 5.92 Å². The smallest absolute Gasteiger partial charge is 0.407 e. The van der Waals surface area contributed by atoms with Crippen molar-refractivity contribution in [1.29, 1.82) is 0 Å². The first-order chi connectivity index (χ1) is 11.9. The van der Waals surface area contributed by atoms with Gasteiger partial charge in [-0.05, 0) is 61.9 Å². The van der Waals surface area contributed by atoms with Crippen LogP contribution in [0.25, 0.3) is 10.8 Å². The van der Waals surface area contributed by atoms with E-state index in [9.17, 15) is 4.79 Å². The Balaban J connectivity index is 1.54. The molecule has 0 spiro atoms. The first-order valence-corrected chi connectivity index (χ1v) is 9.09. The van der Waals surface area contributed by atoms with Crippen LogP contribution in [0.15, 0.2) is 42.5 Å². The highest BCUT2D eigenvalue weighted by molar-refractivity contribution is 5.82. The fraction of sp³-hybridized carbons (Fsp3) is 0.476. The van der Waals surface area contributed by atoms with Gasteiger partial charge in [-0.3, -0.25) is 0 Å². The fourth-order valence-electron chi connectivity index (χ4n) is 3.01. The molecular weight excluding hydrogens is 312 g/mol. The average molecular weight is 340 g/mol. The highest BCUT2D eigenvalue weighted by atomic mass is 16.6. The van der Waals surface area contributed by atoms with E-state index in [1.807, 2.05) is 20.8 Å². The molecule has 1 unspecified atom stereocenters. The summed E-state index contributed by atoms with van der Waals surface area (Å²) in [4.78, 5) is 11.9. The van der Waals surface area contributed by atoms with E-state index in [0.717, 1.165) is 6.54 Å². The predicted octanol–water partition coefficient (Wildman–Crippen LogP) is 4.23. The molecule has 1 aliphatic rings. The van der Waals surface area contributed by atoms with Gasteiger partial charge in [-0.15, -0.1) is 0 Å². The summed E-state index contributed by atoms with van der Waals surface area (Å²) in [5.74, 6) is 0.649. The Bertz CT molecular complexity index is 732. The molecule has 0 radical (unpaired) electrons. The molecule has 2 N–H and O–H groups in total. The van der Waals surface area contributed by atoms with Gasteiger partial charge in [-0.25, -0.2) is 4.79 Å². The maximum absolute atomic E-state index is 11.9. The number of benzene rings is 2. The summed E-state index contributed by atoms with van der Waals surface area (Å²) in [5.41, 5.74) is 0.805. The molecule has 0 aromatic heterocycles. The number of carbonyl (C=O) groups is 1. The molecule has 1 atom stereocenters. The van der Waals surface area contributed by atoms with Crippen LogP contribution >= 0.6 is 0 Å². The molecule has 134 valence electrons. The van der Waals surface area contributed by atoms with E-state index in [2.05, 4.69) is 53.1 Å². The van der Waals surface area contributed by atoms with E-state index in [0.29, 0.717) is 18.5 Å². The highest BCUT2D eigenvalue weighted by Gasteiger charge is 2.31. The summed E-state index contributed by atoms with van der Waals surface area (Å²) >= 11 is 0. The van der Waals surface area contributed by atoms with Crippen molar-refractivity contribution in [3.63, 3.8) is 0 Å². The molecule has 1 amide bonds.